The van der Waals surface area contributed by atoms with E-state index in [1.807, 2.05) is 19.2 Å². The first-order chi connectivity index (χ1) is 12.8. The molecule has 1 aliphatic rings. The molecule has 1 saturated heterocycles. The molecule has 1 atom stereocenters. The molecule has 2 N–H and O–H groups in total. The zero-order valence-corrected chi connectivity index (χ0v) is 16.5. The number of nitrogens with zero attached hydrogens (tertiary/aromatic N) is 2. The second-order valence-electron chi connectivity index (χ2n) is 7.00. The number of furan rings is 1. The van der Waals surface area contributed by atoms with Crippen molar-refractivity contribution >= 4 is 5.96 Å². The van der Waals surface area contributed by atoms with Gasteiger partial charge in [-0.15, -0.1) is 0 Å². The fraction of sp³-hybridized carbons (Fsp3) is 0.750. The van der Waals surface area contributed by atoms with Gasteiger partial charge >= 0.3 is 0 Å². The molecule has 2 heterocycles. The predicted octanol–water partition coefficient (Wildman–Crippen LogP) is 3.01. The van der Waals surface area contributed by atoms with Gasteiger partial charge in [-0.1, -0.05) is 6.42 Å². The number of unbranched alkanes of at least 4 members (excludes halogenated alkanes) is 1. The molecule has 0 aliphatic carbocycles. The van der Waals surface area contributed by atoms with E-state index >= 15 is 0 Å². The Morgan fingerprint density at radius 3 is 2.85 bits per heavy atom. The van der Waals surface area contributed by atoms with Gasteiger partial charge in [0, 0.05) is 32.8 Å². The predicted molar refractivity (Wildman–Crippen MR) is 106 cm³/mol. The topological polar surface area (TPSA) is 62.0 Å². The first-order valence-electron chi connectivity index (χ1n) is 10.1. The van der Waals surface area contributed by atoms with Crippen molar-refractivity contribution in [2.24, 2.45) is 4.99 Å². The van der Waals surface area contributed by atoms with Crippen LogP contribution in [0.2, 0.25) is 0 Å². The maximum Gasteiger partial charge on any atom is 0.190 e. The molecule has 1 fully saturated rings. The number of guanidine groups is 1. The van der Waals surface area contributed by atoms with Crippen molar-refractivity contribution in [3.05, 3.63) is 24.2 Å². The molecule has 0 radical (unpaired) electrons. The summed E-state index contributed by atoms with van der Waals surface area (Å²) >= 11 is 0. The molecule has 0 amide bonds. The summed E-state index contributed by atoms with van der Waals surface area (Å²) in [6.45, 7) is 7.93. The van der Waals surface area contributed by atoms with Crippen molar-refractivity contribution in [3.8, 4) is 0 Å². The van der Waals surface area contributed by atoms with Crippen molar-refractivity contribution in [1.29, 1.82) is 0 Å². The molecule has 0 bridgehead atoms. The van der Waals surface area contributed by atoms with Gasteiger partial charge in [-0.2, -0.15) is 0 Å². The summed E-state index contributed by atoms with van der Waals surface area (Å²) in [4.78, 5) is 6.91. The molecule has 1 aromatic heterocycles. The molecule has 0 spiro atoms. The van der Waals surface area contributed by atoms with Gasteiger partial charge in [-0.3, -0.25) is 4.99 Å². The van der Waals surface area contributed by atoms with Crippen LogP contribution in [0.3, 0.4) is 0 Å². The molecule has 0 saturated carbocycles. The van der Waals surface area contributed by atoms with Crippen LogP contribution in [0.25, 0.3) is 0 Å². The highest BCUT2D eigenvalue weighted by atomic mass is 16.5. The van der Waals surface area contributed by atoms with E-state index in [-0.39, 0.29) is 0 Å². The third-order valence-electron chi connectivity index (χ3n) is 4.91. The number of rotatable bonds is 11. The summed E-state index contributed by atoms with van der Waals surface area (Å²) in [6.07, 6.45) is 9.15. The highest BCUT2D eigenvalue weighted by Gasteiger charge is 2.16. The number of hydrogen-bond acceptors (Lipinski definition) is 4. The van der Waals surface area contributed by atoms with E-state index in [2.05, 4.69) is 27.4 Å². The van der Waals surface area contributed by atoms with Crippen molar-refractivity contribution in [2.45, 2.75) is 58.1 Å². The number of ether oxygens (including phenoxy) is 1. The van der Waals surface area contributed by atoms with Gasteiger partial charge in [-0.25, -0.2) is 0 Å². The van der Waals surface area contributed by atoms with Gasteiger partial charge in [0.1, 0.15) is 12.4 Å². The minimum atomic E-state index is 0.537. The van der Waals surface area contributed by atoms with Crippen LogP contribution in [-0.2, 0) is 11.3 Å². The third kappa shape index (κ3) is 8.23. The molecule has 2 rings (SSSR count). The molecule has 1 unspecified atom stereocenters. The van der Waals surface area contributed by atoms with E-state index in [0.717, 1.165) is 37.3 Å². The Morgan fingerprint density at radius 1 is 1.27 bits per heavy atom. The van der Waals surface area contributed by atoms with E-state index in [0.29, 0.717) is 13.2 Å². The van der Waals surface area contributed by atoms with Gasteiger partial charge in [0.05, 0.1) is 6.26 Å². The molecule has 1 aliphatic heterocycles. The highest BCUT2D eigenvalue weighted by molar-refractivity contribution is 5.79. The van der Waals surface area contributed by atoms with Crippen LogP contribution >= 0.6 is 0 Å². The molecular formula is C20H36N4O2. The minimum Gasteiger partial charge on any atom is -0.467 e. The molecule has 1 aromatic rings. The fourth-order valence-corrected chi connectivity index (χ4v) is 3.31. The first kappa shape index (κ1) is 20.8. The highest BCUT2D eigenvalue weighted by Crippen LogP contribution is 2.16. The quantitative estimate of drug-likeness (QED) is 0.359. The molecule has 148 valence electrons. The number of nitrogens with one attached hydrogen (secondary N) is 2. The van der Waals surface area contributed by atoms with Crippen LogP contribution in [0.15, 0.2) is 27.8 Å². The lowest BCUT2D eigenvalue weighted by atomic mass is 10.0. The Bertz CT molecular complexity index is 490. The number of likely N-dealkylation sites (tertiary alicyclic amines) is 1. The zero-order valence-electron chi connectivity index (χ0n) is 16.5. The smallest absolute Gasteiger partial charge is 0.190 e. The van der Waals surface area contributed by atoms with Crippen LogP contribution in [-0.4, -0.2) is 56.7 Å². The van der Waals surface area contributed by atoms with Gasteiger partial charge in [0.25, 0.3) is 0 Å². The van der Waals surface area contributed by atoms with Crippen LogP contribution in [0.1, 0.15) is 51.2 Å². The molecule has 6 nitrogen and oxygen atoms in total. The summed E-state index contributed by atoms with van der Waals surface area (Å²) in [5, 5.41) is 6.73. The SMILES string of the molecule is CN=C(NCCCCN1CCCCC1C)NCCCOCc1ccco1. The summed E-state index contributed by atoms with van der Waals surface area (Å²) < 4.78 is 10.8. The average molecular weight is 365 g/mol. The standard InChI is InChI=1S/C20H36N4O2/c1-18-9-3-5-13-24(18)14-6-4-11-22-20(21-2)23-12-8-15-25-17-19-10-7-16-26-19/h7,10,16,18H,3-6,8-9,11-15,17H2,1-2H3,(H2,21,22,23). The lowest BCUT2D eigenvalue weighted by Gasteiger charge is -2.33. The summed E-state index contributed by atoms with van der Waals surface area (Å²) in [7, 11) is 1.82. The summed E-state index contributed by atoms with van der Waals surface area (Å²) in [5.41, 5.74) is 0. The Hall–Kier alpha value is -1.53. The second-order valence-corrected chi connectivity index (χ2v) is 7.00. The minimum absolute atomic E-state index is 0.537. The van der Waals surface area contributed by atoms with Crippen LogP contribution < -0.4 is 10.6 Å². The summed E-state index contributed by atoms with van der Waals surface area (Å²) in [6, 6.07) is 4.57. The Kier molecular flexibility index (Phi) is 10.2. The largest absolute Gasteiger partial charge is 0.467 e. The van der Waals surface area contributed by atoms with E-state index in [1.54, 1.807) is 6.26 Å². The number of aliphatic imine (C=N–C) groups is 1. The average Bonchev–Trinajstić information content (AvgIpc) is 3.17. The van der Waals surface area contributed by atoms with Gasteiger partial charge in [-0.05, 0) is 64.3 Å². The van der Waals surface area contributed by atoms with E-state index < -0.39 is 0 Å². The second kappa shape index (κ2) is 12.8. The van der Waals surface area contributed by atoms with Crippen molar-refractivity contribution in [1.82, 2.24) is 15.5 Å². The first-order valence-corrected chi connectivity index (χ1v) is 10.1. The Balaban J connectivity index is 1.43. The van der Waals surface area contributed by atoms with Crippen LogP contribution in [0.5, 0.6) is 0 Å². The van der Waals surface area contributed by atoms with E-state index in [4.69, 9.17) is 9.15 Å². The maximum absolute atomic E-state index is 5.57. The fourth-order valence-electron chi connectivity index (χ4n) is 3.31. The lowest BCUT2D eigenvalue weighted by Crippen LogP contribution is -2.39. The van der Waals surface area contributed by atoms with Crippen LogP contribution in [0, 0.1) is 0 Å². The van der Waals surface area contributed by atoms with Gasteiger partial charge in [0.2, 0.25) is 0 Å². The monoisotopic (exact) mass is 364 g/mol. The third-order valence-corrected chi connectivity index (χ3v) is 4.91. The van der Waals surface area contributed by atoms with E-state index in [9.17, 15) is 0 Å². The number of hydrogen-bond donors (Lipinski definition) is 2. The van der Waals surface area contributed by atoms with Gasteiger partial charge < -0.3 is 24.7 Å². The van der Waals surface area contributed by atoms with Gasteiger partial charge in [0.15, 0.2) is 5.96 Å². The molecule has 6 heteroatoms. The lowest BCUT2D eigenvalue weighted by molar-refractivity contribution is 0.105. The zero-order chi connectivity index (χ0) is 18.5. The summed E-state index contributed by atoms with van der Waals surface area (Å²) in [5.74, 6) is 1.75. The molecule has 26 heavy (non-hydrogen) atoms. The normalized spacial score (nSPS) is 18.8. The maximum atomic E-state index is 5.57. The Labute approximate surface area is 158 Å². The molecule has 0 aromatic carbocycles. The number of piperidine rings is 1. The molecular weight excluding hydrogens is 328 g/mol. The van der Waals surface area contributed by atoms with Crippen molar-refractivity contribution in [3.63, 3.8) is 0 Å². The van der Waals surface area contributed by atoms with Crippen LogP contribution in [0.4, 0.5) is 0 Å². The van der Waals surface area contributed by atoms with Crippen molar-refractivity contribution < 1.29 is 9.15 Å². The van der Waals surface area contributed by atoms with E-state index in [1.165, 1.54) is 45.2 Å². The Morgan fingerprint density at radius 2 is 2.12 bits per heavy atom. The van der Waals surface area contributed by atoms with Crippen molar-refractivity contribution in [2.75, 3.05) is 39.8 Å².